The van der Waals surface area contributed by atoms with Crippen LogP contribution in [0, 0.1) is 0 Å². The van der Waals surface area contributed by atoms with Crippen LogP contribution in [0.1, 0.15) is 19.2 Å². The highest BCUT2D eigenvalue weighted by atomic mass is 32.2. The lowest BCUT2D eigenvalue weighted by Gasteiger charge is -2.34. The third-order valence-corrected chi connectivity index (χ3v) is 5.49. The Kier molecular flexibility index (Phi) is 5.38. The molecule has 1 aliphatic rings. The van der Waals surface area contributed by atoms with E-state index in [0.717, 1.165) is 43.5 Å². The fourth-order valence-electron chi connectivity index (χ4n) is 2.84. The van der Waals surface area contributed by atoms with E-state index in [4.69, 9.17) is 0 Å². The summed E-state index contributed by atoms with van der Waals surface area (Å²) < 4.78 is 2.04. The second kappa shape index (κ2) is 7.68. The van der Waals surface area contributed by atoms with Crippen molar-refractivity contribution in [1.29, 1.82) is 0 Å². The lowest BCUT2D eigenvalue weighted by molar-refractivity contribution is 0.408. The van der Waals surface area contributed by atoms with Crippen LogP contribution in [0.3, 0.4) is 0 Å². The molecule has 0 bridgehead atoms. The second-order valence-corrected chi connectivity index (χ2v) is 7.02. The minimum Gasteiger partial charge on any atom is -0.356 e. The number of fused-ring (bicyclic) bond motifs is 1. The lowest BCUT2D eigenvalue weighted by atomic mass is 10.3. The molecule has 1 saturated heterocycles. The van der Waals surface area contributed by atoms with Gasteiger partial charge in [0.2, 0.25) is 0 Å². The van der Waals surface area contributed by atoms with E-state index >= 15 is 0 Å². The van der Waals surface area contributed by atoms with Crippen LogP contribution in [0.15, 0.2) is 29.4 Å². The molecule has 3 rings (SSSR count). The normalized spacial score (nSPS) is 19.3. The number of thioether (sulfide) groups is 1. The Labute approximate surface area is 141 Å². The van der Waals surface area contributed by atoms with Crippen LogP contribution >= 0.6 is 11.8 Å². The molecular weight excluding hydrogens is 308 g/mol. The van der Waals surface area contributed by atoms with E-state index in [1.165, 1.54) is 12.2 Å². The molecule has 0 spiro atoms. The Morgan fingerprint density at radius 2 is 2.35 bits per heavy atom. The predicted molar refractivity (Wildman–Crippen MR) is 96.2 cm³/mol. The van der Waals surface area contributed by atoms with Crippen LogP contribution in [0.25, 0.3) is 5.65 Å². The van der Waals surface area contributed by atoms with Crippen molar-refractivity contribution in [2.75, 3.05) is 32.4 Å². The van der Waals surface area contributed by atoms with Gasteiger partial charge < -0.3 is 10.2 Å². The Balaban J connectivity index is 1.56. The number of hydrogen-bond donors (Lipinski definition) is 1. The molecule has 6 nitrogen and oxygen atoms in total. The summed E-state index contributed by atoms with van der Waals surface area (Å²) >= 11 is 2.07. The SMILES string of the molecule is CCC1CN(C(=NC)NCCc2nnc3ccccn23)CCS1. The fraction of sp³-hybridized carbons (Fsp3) is 0.562. The Bertz CT molecular complexity index is 667. The summed E-state index contributed by atoms with van der Waals surface area (Å²) in [5.41, 5.74) is 0.894. The average molecular weight is 332 g/mol. The molecule has 7 heteroatoms. The summed E-state index contributed by atoms with van der Waals surface area (Å²) in [6.07, 6.45) is 4.04. The first-order valence-electron chi connectivity index (χ1n) is 8.17. The lowest BCUT2D eigenvalue weighted by Crippen LogP contribution is -2.48. The molecule has 1 unspecified atom stereocenters. The number of rotatable bonds is 4. The number of nitrogens with zero attached hydrogens (tertiary/aromatic N) is 5. The smallest absolute Gasteiger partial charge is 0.193 e. The Morgan fingerprint density at radius 3 is 3.17 bits per heavy atom. The van der Waals surface area contributed by atoms with Gasteiger partial charge in [0.15, 0.2) is 11.6 Å². The molecular formula is C16H24N6S. The molecule has 124 valence electrons. The first kappa shape index (κ1) is 16.1. The van der Waals surface area contributed by atoms with Gasteiger partial charge in [-0.15, -0.1) is 10.2 Å². The Morgan fingerprint density at radius 1 is 1.43 bits per heavy atom. The van der Waals surface area contributed by atoms with Gasteiger partial charge in [0.25, 0.3) is 0 Å². The monoisotopic (exact) mass is 332 g/mol. The molecule has 1 atom stereocenters. The molecule has 0 radical (unpaired) electrons. The number of pyridine rings is 1. The number of aliphatic imine (C=N–C) groups is 1. The van der Waals surface area contributed by atoms with Gasteiger partial charge in [0.05, 0.1) is 0 Å². The zero-order chi connectivity index (χ0) is 16.1. The Hall–Kier alpha value is -1.76. The van der Waals surface area contributed by atoms with Crippen LogP contribution in [0.5, 0.6) is 0 Å². The number of guanidine groups is 1. The van der Waals surface area contributed by atoms with Gasteiger partial charge >= 0.3 is 0 Å². The summed E-state index contributed by atoms with van der Waals surface area (Å²) in [5, 5.41) is 12.6. The van der Waals surface area contributed by atoms with E-state index in [9.17, 15) is 0 Å². The average Bonchev–Trinajstić information content (AvgIpc) is 3.02. The van der Waals surface area contributed by atoms with Gasteiger partial charge in [-0.1, -0.05) is 13.0 Å². The molecule has 0 aliphatic carbocycles. The zero-order valence-corrected chi connectivity index (χ0v) is 14.6. The second-order valence-electron chi connectivity index (χ2n) is 5.62. The standard InChI is InChI=1S/C16H24N6S/c1-3-13-12-21(10-11-23-13)16(17-2)18-8-7-15-20-19-14-6-4-5-9-22(14)15/h4-6,9,13H,3,7-8,10-12H2,1-2H3,(H,17,18). The maximum absolute atomic E-state index is 4.44. The summed E-state index contributed by atoms with van der Waals surface area (Å²) in [4.78, 5) is 6.81. The first-order valence-corrected chi connectivity index (χ1v) is 9.22. The molecule has 0 saturated carbocycles. The minimum absolute atomic E-state index is 0.711. The van der Waals surface area contributed by atoms with Gasteiger partial charge in [0.1, 0.15) is 5.82 Å². The highest BCUT2D eigenvalue weighted by Gasteiger charge is 2.21. The van der Waals surface area contributed by atoms with E-state index in [0.29, 0.717) is 5.25 Å². The largest absolute Gasteiger partial charge is 0.356 e. The van der Waals surface area contributed by atoms with Crippen molar-refractivity contribution >= 4 is 23.4 Å². The van der Waals surface area contributed by atoms with E-state index in [2.05, 4.69) is 44.1 Å². The van der Waals surface area contributed by atoms with Crippen molar-refractivity contribution in [1.82, 2.24) is 24.8 Å². The van der Waals surface area contributed by atoms with Crippen LogP contribution in [0.4, 0.5) is 0 Å². The minimum atomic E-state index is 0.711. The molecule has 2 aromatic heterocycles. The van der Waals surface area contributed by atoms with E-state index in [1.54, 1.807) is 0 Å². The molecule has 0 aromatic carbocycles. The molecule has 0 amide bonds. The number of nitrogens with one attached hydrogen (secondary N) is 1. The van der Waals surface area contributed by atoms with Crippen molar-refractivity contribution in [2.45, 2.75) is 25.0 Å². The van der Waals surface area contributed by atoms with Gasteiger partial charge in [-0.25, -0.2) is 0 Å². The number of hydrogen-bond acceptors (Lipinski definition) is 4. The predicted octanol–water partition coefficient (Wildman–Crippen LogP) is 1.67. The zero-order valence-electron chi connectivity index (χ0n) is 13.8. The maximum atomic E-state index is 4.44. The first-order chi connectivity index (χ1) is 11.3. The molecule has 23 heavy (non-hydrogen) atoms. The van der Waals surface area contributed by atoms with Crippen LogP contribution in [-0.2, 0) is 6.42 Å². The quantitative estimate of drug-likeness (QED) is 0.682. The van der Waals surface area contributed by atoms with Crippen LogP contribution in [-0.4, -0.2) is 63.1 Å². The van der Waals surface area contributed by atoms with Crippen molar-refractivity contribution in [2.24, 2.45) is 4.99 Å². The van der Waals surface area contributed by atoms with Crippen LogP contribution in [0.2, 0.25) is 0 Å². The van der Waals surface area contributed by atoms with E-state index < -0.39 is 0 Å². The fourth-order valence-corrected chi connectivity index (χ4v) is 4.02. The topological polar surface area (TPSA) is 57.8 Å². The molecule has 3 heterocycles. The maximum Gasteiger partial charge on any atom is 0.193 e. The number of aromatic nitrogens is 3. The summed E-state index contributed by atoms with van der Waals surface area (Å²) in [6, 6.07) is 5.95. The van der Waals surface area contributed by atoms with Gasteiger partial charge in [-0.2, -0.15) is 11.8 Å². The summed E-state index contributed by atoms with van der Waals surface area (Å²) in [7, 11) is 1.86. The van der Waals surface area contributed by atoms with Gasteiger partial charge in [-0.3, -0.25) is 9.39 Å². The van der Waals surface area contributed by atoms with Crippen molar-refractivity contribution in [3.8, 4) is 0 Å². The van der Waals surface area contributed by atoms with Crippen LogP contribution < -0.4 is 5.32 Å². The van der Waals surface area contributed by atoms with Crippen molar-refractivity contribution in [3.05, 3.63) is 30.2 Å². The molecule has 1 aliphatic heterocycles. The highest BCUT2D eigenvalue weighted by molar-refractivity contribution is 8.00. The summed E-state index contributed by atoms with van der Waals surface area (Å²) in [5.74, 6) is 3.15. The molecule has 1 fully saturated rings. The van der Waals surface area contributed by atoms with E-state index in [-0.39, 0.29) is 0 Å². The molecule has 1 N–H and O–H groups in total. The molecule has 2 aromatic rings. The third-order valence-electron chi connectivity index (χ3n) is 4.12. The van der Waals surface area contributed by atoms with Gasteiger partial charge in [-0.05, 0) is 18.6 Å². The van der Waals surface area contributed by atoms with E-state index in [1.807, 2.05) is 35.8 Å². The third kappa shape index (κ3) is 3.77. The van der Waals surface area contributed by atoms with Crippen molar-refractivity contribution < 1.29 is 0 Å². The van der Waals surface area contributed by atoms with Crippen molar-refractivity contribution in [3.63, 3.8) is 0 Å². The van der Waals surface area contributed by atoms with Gasteiger partial charge in [0, 0.05) is 50.3 Å². The highest BCUT2D eigenvalue weighted by Crippen LogP contribution is 2.20. The summed E-state index contributed by atoms with van der Waals surface area (Å²) in [6.45, 7) is 5.21.